The SMILES string of the molecule is CC(C)c1ccc(S(=O)(=O)c2ccc(Oc3ccc(N(c4ccccc4)c4ccc(-c5ccc(N(c6ccccc6)c6ccc(O)cc6)cc5)cc4)cc3)cc2)cc1. The summed E-state index contributed by atoms with van der Waals surface area (Å²) in [7, 11) is -3.65. The molecule has 6 nitrogen and oxygen atoms in total. The number of nitrogens with zero attached hydrogens (tertiary/aromatic N) is 2. The zero-order valence-corrected chi connectivity index (χ0v) is 33.0. The highest BCUT2D eigenvalue weighted by Crippen LogP contribution is 2.39. The number of anilines is 6. The maximum atomic E-state index is 13.3. The van der Waals surface area contributed by atoms with Crippen molar-refractivity contribution < 1.29 is 18.3 Å². The van der Waals surface area contributed by atoms with Gasteiger partial charge in [-0.3, -0.25) is 0 Å². The number of para-hydroxylation sites is 2. The molecule has 58 heavy (non-hydrogen) atoms. The Balaban J connectivity index is 0.998. The van der Waals surface area contributed by atoms with Gasteiger partial charge < -0.3 is 19.6 Å². The Kier molecular flexibility index (Phi) is 10.8. The van der Waals surface area contributed by atoms with Crippen LogP contribution in [0.5, 0.6) is 17.2 Å². The molecule has 286 valence electrons. The van der Waals surface area contributed by atoms with Crippen molar-refractivity contribution >= 4 is 44.0 Å². The third-order valence-electron chi connectivity index (χ3n) is 10.0. The Bertz CT molecular complexity index is 2690. The predicted octanol–water partition coefficient (Wildman–Crippen LogP) is 13.7. The molecule has 0 aliphatic carbocycles. The summed E-state index contributed by atoms with van der Waals surface area (Å²) in [5.41, 5.74) is 9.22. The Morgan fingerprint density at radius 3 is 1.14 bits per heavy atom. The average Bonchev–Trinajstić information content (AvgIpc) is 3.27. The van der Waals surface area contributed by atoms with Gasteiger partial charge >= 0.3 is 0 Å². The summed E-state index contributed by atoms with van der Waals surface area (Å²) >= 11 is 0. The third kappa shape index (κ3) is 8.21. The standard InChI is InChI=1S/C51H42N2O4S/c1-37(2)38-17-33-50(34-18-38)58(55,56)51-35-31-49(32-36-51)57-48-29-25-46(26-30-48)53(42-11-7-4-8-12-42)44-21-15-40(16-22-44)39-13-19-43(20-14-39)52(41-9-5-3-6-10-41)45-23-27-47(54)28-24-45/h3-37,54H,1-2H3. The van der Waals surface area contributed by atoms with Crippen molar-refractivity contribution in [1.82, 2.24) is 0 Å². The van der Waals surface area contributed by atoms with Crippen LogP contribution in [-0.2, 0) is 9.84 Å². The van der Waals surface area contributed by atoms with Gasteiger partial charge in [0.2, 0.25) is 9.84 Å². The maximum Gasteiger partial charge on any atom is 0.206 e. The van der Waals surface area contributed by atoms with Crippen molar-refractivity contribution in [3.63, 3.8) is 0 Å². The number of sulfone groups is 1. The highest BCUT2D eigenvalue weighted by molar-refractivity contribution is 7.91. The fourth-order valence-corrected chi connectivity index (χ4v) is 8.17. The van der Waals surface area contributed by atoms with E-state index in [9.17, 15) is 13.5 Å². The van der Waals surface area contributed by atoms with Gasteiger partial charge in [0.15, 0.2) is 0 Å². The van der Waals surface area contributed by atoms with Crippen molar-refractivity contribution in [2.24, 2.45) is 0 Å². The fourth-order valence-electron chi connectivity index (χ4n) is 6.91. The minimum atomic E-state index is -3.65. The number of rotatable bonds is 12. The lowest BCUT2D eigenvalue weighted by Gasteiger charge is -2.26. The largest absolute Gasteiger partial charge is 0.508 e. The second kappa shape index (κ2) is 16.6. The number of phenols is 1. The van der Waals surface area contributed by atoms with Crippen LogP contribution in [0, 0.1) is 0 Å². The molecular formula is C51H42N2O4S. The average molecular weight is 779 g/mol. The smallest absolute Gasteiger partial charge is 0.206 e. The first-order valence-electron chi connectivity index (χ1n) is 19.2. The van der Waals surface area contributed by atoms with Crippen LogP contribution in [-0.4, -0.2) is 13.5 Å². The van der Waals surface area contributed by atoms with Crippen LogP contribution in [0.1, 0.15) is 25.3 Å². The molecular weight excluding hydrogens is 737 g/mol. The summed E-state index contributed by atoms with van der Waals surface area (Å²) in [6.07, 6.45) is 0. The van der Waals surface area contributed by atoms with Crippen LogP contribution in [0.15, 0.2) is 216 Å². The molecule has 1 N–H and O–H groups in total. The normalized spacial score (nSPS) is 11.3. The first-order chi connectivity index (χ1) is 28.2. The third-order valence-corrected chi connectivity index (χ3v) is 11.8. The summed E-state index contributed by atoms with van der Waals surface area (Å²) in [6, 6.07) is 66.1. The van der Waals surface area contributed by atoms with E-state index in [0.717, 1.165) is 50.8 Å². The minimum Gasteiger partial charge on any atom is -0.508 e. The van der Waals surface area contributed by atoms with Gasteiger partial charge in [0.25, 0.3) is 0 Å². The first-order valence-corrected chi connectivity index (χ1v) is 20.6. The van der Waals surface area contributed by atoms with Crippen molar-refractivity contribution in [3.05, 3.63) is 212 Å². The van der Waals surface area contributed by atoms with Gasteiger partial charge in [-0.1, -0.05) is 86.6 Å². The van der Waals surface area contributed by atoms with Crippen LogP contribution < -0.4 is 14.5 Å². The maximum absolute atomic E-state index is 13.3. The van der Waals surface area contributed by atoms with Gasteiger partial charge in [-0.15, -0.1) is 0 Å². The zero-order valence-electron chi connectivity index (χ0n) is 32.2. The van der Waals surface area contributed by atoms with E-state index in [1.807, 2.05) is 84.9 Å². The monoisotopic (exact) mass is 778 g/mol. The topological polar surface area (TPSA) is 70.1 Å². The molecule has 0 aliphatic rings. The van der Waals surface area contributed by atoms with Gasteiger partial charge in [-0.05, 0) is 156 Å². The summed E-state index contributed by atoms with van der Waals surface area (Å²) < 4.78 is 32.7. The van der Waals surface area contributed by atoms with E-state index in [0.29, 0.717) is 17.4 Å². The molecule has 8 aromatic rings. The van der Waals surface area contributed by atoms with E-state index in [4.69, 9.17) is 4.74 Å². The van der Waals surface area contributed by atoms with Crippen LogP contribution in [0.2, 0.25) is 0 Å². The van der Waals surface area contributed by atoms with Crippen molar-refractivity contribution in [2.45, 2.75) is 29.6 Å². The number of phenolic OH excluding ortho intramolecular Hbond substituents is 1. The molecule has 0 saturated carbocycles. The molecule has 0 heterocycles. The van der Waals surface area contributed by atoms with Gasteiger partial charge in [0, 0.05) is 34.1 Å². The van der Waals surface area contributed by atoms with Crippen LogP contribution in [0.4, 0.5) is 34.1 Å². The number of hydrogen-bond donors (Lipinski definition) is 1. The van der Waals surface area contributed by atoms with E-state index in [1.54, 1.807) is 48.5 Å². The summed E-state index contributed by atoms with van der Waals surface area (Å²) in [5, 5.41) is 9.91. The second-order valence-corrected chi connectivity index (χ2v) is 16.2. The predicted molar refractivity (Wildman–Crippen MR) is 235 cm³/mol. The molecule has 0 aromatic heterocycles. The number of aromatic hydroxyl groups is 1. The van der Waals surface area contributed by atoms with Gasteiger partial charge in [-0.2, -0.15) is 0 Å². The van der Waals surface area contributed by atoms with E-state index in [2.05, 4.69) is 96.4 Å². The van der Waals surface area contributed by atoms with Crippen LogP contribution in [0.3, 0.4) is 0 Å². The van der Waals surface area contributed by atoms with Crippen molar-refractivity contribution in [1.29, 1.82) is 0 Å². The molecule has 7 heteroatoms. The number of ether oxygens (including phenoxy) is 1. The lowest BCUT2D eigenvalue weighted by molar-refractivity contribution is 0.475. The highest BCUT2D eigenvalue weighted by Gasteiger charge is 2.19. The quantitative estimate of drug-likeness (QED) is 0.133. The highest BCUT2D eigenvalue weighted by atomic mass is 32.2. The lowest BCUT2D eigenvalue weighted by atomic mass is 10.0. The van der Waals surface area contributed by atoms with Gasteiger partial charge in [0.1, 0.15) is 17.2 Å². The lowest BCUT2D eigenvalue weighted by Crippen LogP contribution is -2.09. The molecule has 0 spiro atoms. The number of benzene rings is 8. The molecule has 0 aliphatic heterocycles. The Hall–Kier alpha value is -7.09. The van der Waals surface area contributed by atoms with E-state index >= 15 is 0 Å². The summed E-state index contributed by atoms with van der Waals surface area (Å²) in [5.74, 6) is 1.72. The van der Waals surface area contributed by atoms with E-state index < -0.39 is 9.84 Å². The fraction of sp³-hybridized carbons (Fsp3) is 0.0588. The minimum absolute atomic E-state index is 0.217. The molecule has 0 saturated heterocycles. The Labute approximate surface area is 340 Å². The van der Waals surface area contributed by atoms with Crippen LogP contribution >= 0.6 is 0 Å². The van der Waals surface area contributed by atoms with Crippen molar-refractivity contribution in [2.75, 3.05) is 9.80 Å². The number of hydrogen-bond acceptors (Lipinski definition) is 6. The zero-order chi connectivity index (χ0) is 40.1. The molecule has 0 unspecified atom stereocenters. The molecule has 0 amide bonds. The summed E-state index contributed by atoms with van der Waals surface area (Å²) in [6.45, 7) is 4.16. The molecule has 0 radical (unpaired) electrons. The van der Waals surface area contributed by atoms with Crippen LogP contribution in [0.25, 0.3) is 11.1 Å². The van der Waals surface area contributed by atoms with E-state index in [-0.39, 0.29) is 15.5 Å². The van der Waals surface area contributed by atoms with E-state index in [1.165, 1.54) is 0 Å². The van der Waals surface area contributed by atoms with Crippen molar-refractivity contribution in [3.8, 4) is 28.4 Å². The molecule has 0 atom stereocenters. The molecule has 8 aromatic carbocycles. The molecule has 0 bridgehead atoms. The van der Waals surface area contributed by atoms with Gasteiger partial charge in [0.05, 0.1) is 9.79 Å². The van der Waals surface area contributed by atoms with Gasteiger partial charge in [-0.25, -0.2) is 8.42 Å². The molecule has 8 rings (SSSR count). The first kappa shape index (κ1) is 37.8. The second-order valence-electron chi connectivity index (χ2n) is 14.2. The Morgan fingerprint density at radius 2 is 0.741 bits per heavy atom. The summed E-state index contributed by atoms with van der Waals surface area (Å²) in [4.78, 5) is 4.84. The molecule has 0 fully saturated rings. The Morgan fingerprint density at radius 1 is 0.414 bits per heavy atom.